The maximum Gasteiger partial charge on any atom is 0.257 e. The molecule has 1 amide bonds. The van der Waals surface area contributed by atoms with Crippen molar-refractivity contribution >= 4 is 46.4 Å². The molecule has 1 aromatic carbocycles. The lowest BCUT2D eigenvalue weighted by Gasteiger charge is -2.36. The highest BCUT2D eigenvalue weighted by Gasteiger charge is 2.23. The van der Waals surface area contributed by atoms with E-state index in [0.29, 0.717) is 21.9 Å². The number of benzene rings is 1. The molecule has 2 aromatic heterocycles. The van der Waals surface area contributed by atoms with E-state index in [9.17, 15) is 4.79 Å². The number of nitrogens with one attached hydrogen (secondary N) is 1. The van der Waals surface area contributed by atoms with Gasteiger partial charge in [-0.1, -0.05) is 19.9 Å². The summed E-state index contributed by atoms with van der Waals surface area (Å²) in [7, 11) is 0. The predicted molar refractivity (Wildman–Crippen MR) is 122 cm³/mol. The Kier molecular flexibility index (Phi) is 6.15. The van der Waals surface area contributed by atoms with E-state index in [4.69, 9.17) is 11.6 Å². The van der Waals surface area contributed by atoms with Crippen LogP contribution >= 0.6 is 23.1 Å². The minimum absolute atomic E-state index is 0.165. The summed E-state index contributed by atoms with van der Waals surface area (Å²) in [5.74, 6) is 0.918. The first-order valence-electron chi connectivity index (χ1n) is 9.85. The second-order valence-corrected chi connectivity index (χ2v) is 8.78. The molecule has 0 radical (unpaired) electrons. The number of hydrogen-bond acceptors (Lipinski definition) is 7. The fraction of sp³-hybridized carbons (Fsp3) is 0.333. The molecule has 9 heteroatoms. The number of aromatic nitrogens is 3. The maximum atomic E-state index is 12.7. The van der Waals surface area contributed by atoms with Crippen LogP contribution in [0.4, 0.5) is 17.3 Å². The van der Waals surface area contributed by atoms with E-state index in [1.807, 2.05) is 6.07 Å². The van der Waals surface area contributed by atoms with Crippen LogP contribution in [0, 0.1) is 0 Å². The molecule has 3 heterocycles. The summed E-state index contributed by atoms with van der Waals surface area (Å²) in [4.78, 5) is 25.5. The third-order valence-electron chi connectivity index (χ3n) is 5.15. The Hall–Kier alpha value is -2.71. The van der Waals surface area contributed by atoms with Gasteiger partial charge in [-0.05, 0) is 47.3 Å². The fourth-order valence-electron chi connectivity index (χ4n) is 3.44. The van der Waals surface area contributed by atoms with Crippen LogP contribution in [-0.2, 0) is 0 Å². The molecule has 0 spiro atoms. The molecule has 0 atom stereocenters. The molecule has 1 fully saturated rings. The third kappa shape index (κ3) is 4.55. The zero-order valence-electron chi connectivity index (χ0n) is 16.9. The first kappa shape index (κ1) is 20.6. The van der Waals surface area contributed by atoms with E-state index in [1.54, 1.807) is 24.5 Å². The minimum Gasteiger partial charge on any atom is -0.366 e. The van der Waals surface area contributed by atoms with E-state index in [-0.39, 0.29) is 5.91 Å². The van der Waals surface area contributed by atoms with Crippen molar-refractivity contribution in [2.24, 2.45) is 0 Å². The average Bonchev–Trinajstić information content (AvgIpc) is 3.21. The molecule has 1 saturated heterocycles. The number of pyridine rings is 1. The van der Waals surface area contributed by atoms with Crippen molar-refractivity contribution in [2.75, 3.05) is 41.3 Å². The van der Waals surface area contributed by atoms with Gasteiger partial charge < -0.3 is 15.1 Å². The summed E-state index contributed by atoms with van der Waals surface area (Å²) in [5, 5.41) is 3.06. The Morgan fingerprint density at radius 1 is 1.17 bits per heavy atom. The molecule has 0 unspecified atom stereocenters. The number of piperazine rings is 1. The first-order chi connectivity index (χ1) is 14.5. The van der Waals surface area contributed by atoms with Gasteiger partial charge in [-0.2, -0.15) is 9.36 Å². The van der Waals surface area contributed by atoms with Gasteiger partial charge in [-0.25, -0.2) is 0 Å². The van der Waals surface area contributed by atoms with E-state index < -0.39 is 0 Å². The number of anilines is 3. The average molecular weight is 443 g/mol. The van der Waals surface area contributed by atoms with Crippen LogP contribution in [0.5, 0.6) is 0 Å². The molecule has 30 heavy (non-hydrogen) atoms. The van der Waals surface area contributed by atoms with Crippen LogP contribution in [0.3, 0.4) is 0 Å². The van der Waals surface area contributed by atoms with Crippen LogP contribution in [0.1, 0.15) is 35.7 Å². The van der Waals surface area contributed by atoms with Crippen LogP contribution in [0.15, 0.2) is 42.7 Å². The van der Waals surface area contributed by atoms with Gasteiger partial charge >= 0.3 is 0 Å². The number of halogens is 1. The number of amides is 1. The molecule has 1 N–H and O–H groups in total. The van der Waals surface area contributed by atoms with Gasteiger partial charge in [0.15, 0.2) is 0 Å². The molecule has 3 aromatic rings. The molecule has 0 bridgehead atoms. The van der Waals surface area contributed by atoms with Crippen LogP contribution in [-0.4, -0.2) is 46.4 Å². The van der Waals surface area contributed by atoms with Crippen molar-refractivity contribution in [3.63, 3.8) is 0 Å². The zero-order valence-corrected chi connectivity index (χ0v) is 18.5. The Labute approximate surface area is 184 Å². The molecule has 1 aliphatic heterocycles. The van der Waals surface area contributed by atoms with E-state index in [2.05, 4.69) is 55.4 Å². The van der Waals surface area contributed by atoms with Gasteiger partial charge in [-0.3, -0.25) is 9.78 Å². The Morgan fingerprint density at radius 3 is 2.57 bits per heavy atom. The molecule has 0 saturated carbocycles. The predicted octanol–water partition coefficient (Wildman–Crippen LogP) is 4.29. The number of carbonyl (C=O) groups excluding carboxylic acids is 1. The minimum atomic E-state index is -0.165. The summed E-state index contributed by atoms with van der Waals surface area (Å²) >= 11 is 7.14. The lowest BCUT2D eigenvalue weighted by atomic mass is 10.0. The van der Waals surface area contributed by atoms with Crippen molar-refractivity contribution in [3.8, 4) is 0 Å². The van der Waals surface area contributed by atoms with Crippen molar-refractivity contribution < 1.29 is 4.79 Å². The smallest absolute Gasteiger partial charge is 0.257 e. The highest BCUT2D eigenvalue weighted by molar-refractivity contribution is 7.10. The van der Waals surface area contributed by atoms with Gasteiger partial charge in [0, 0.05) is 50.1 Å². The molecule has 156 valence electrons. The van der Waals surface area contributed by atoms with Gasteiger partial charge in [0.05, 0.1) is 16.9 Å². The fourth-order valence-corrected chi connectivity index (χ4v) is 4.06. The van der Waals surface area contributed by atoms with Crippen LogP contribution in [0.25, 0.3) is 0 Å². The second kappa shape index (κ2) is 8.97. The highest BCUT2D eigenvalue weighted by atomic mass is 35.5. The second-order valence-electron chi connectivity index (χ2n) is 7.45. The highest BCUT2D eigenvalue weighted by Crippen LogP contribution is 2.32. The van der Waals surface area contributed by atoms with Gasteiger partial charge in [0.1, 0.15) is 0 Å². The molecular weight excluding hydrogens is 420 g/mol. The Bertz CT molecular complexity index is 1020. The van der Waals surface area contributed by atoms with Crippen molar-refractivity contribution in [1.82, 2.24) is 14.3 Å². The van der Waals surface area contributed by atoms with Gasteiger partial charge in [-0.15, -0.1) is 0 Å². The standard InChI is InChI=1S/C21H23ClN6OS/c1-14(2)15-5-6-17(24-19(29)16-4-3-7-23-13-16)18(12-15)27-8-10-28(11-9-27)21-25-20(22)30-26-21/h3-7,12-14H,8-11H2,1-2H3,(H,24,29). The van der Waals surface area contributed by atoms with E-state index >= 15 is 0 Å². The first-order valence-corrected chi connectivity index (χ1v) is 11.0. The normalized spacial score (nSPS) is 14.3. The van der Waals surface area contributed by atoms with E-state index in [0.717, 1.165) is 37.6 Å². The quantitative estimate of drug-likeness (QED) is 0.635. The van der Waals surface area contributed by atoms with Crippen molar-refractivity contribution in [1.29, 1.82) is 0 Å². The van der Waals surface area contributed by atoms with Crippen LogP contribution in [0.2, 0.25) is 4.47 Å². The number of rotatable bonds is 5. The lowest BCUT2D eigenvalue weighted by Crippen LogP contribution is -2.47. The topological polar surface area (TPSA) is 74.2 Å². The molecule has 4 rings (SSSR count). The lowest BCUT2D eigenvalue weighted by molar-refractivity contribution is 0.102. The zero-order chi connectivity index (χ0) is 21.1. The van der Waals surface area contributed by atoms with Crippen LogP contribution < -0.4 is 15.1 Å². The van der Waals surface area contributed by atoms with Gasteiger partial charge in [0.25, 0.3) is 5.91 Å². The van der Waals surface area contributed by atoms with Gasteiger partial charge in [0.2, 0.25) is 10.4 Å². The monoisotopic (exact) mass is 442 g/mol. The summed E-state index contributed by atoms with van der Waals surface area (Å²) < 4.78 is 4.76. The largest absolute Gasteiger partial charge is 0.366 e. The summed E-state index contributed by atoms with van der Waals surface area (Å²) in [5.41, 5.74) is 3.60. The third-order valence-corrected chi connectivity index (χ3v) is 5.94. The molecular formula is C21H23ClN6OS. The Balaban J connectivity index is 1.55. The Morgan fingerprint density at radius 2 is 1.93 bits per heavy atom. The summed E-state index contributed by atoms with van der Waals surface area (Å²) in [6.45, 7) is 7.51. The maximum absolute atomic E-state index is 12.7. The van der Waals surface area contributed by atoms with Crippen molar-refractivity contribution in [2.45, 2.75) is 19.8 Å². The SMILES string of the molecule is CC(C)c1ccc(NC(=O)c2cccnc2)c(N2CCN(c3nsc(Cl)n3)CC2)c1. The number of hydrogen-bond donors (Lipinski definition) is 1. The number of carbonyl (C=O) groups is 1. The number of nitrogens with zero attached hydrogens (tertiary/aromatic N) is 5. The van der Waals surface area contributed by atoms with E-state index in [1.165, 1.54) is 17.1 Å². The molecule has 1 aliphatic rings. The summed E-state index contributed by atoms with van der Waals surface area (Å²) in [6, 6.07) is 9.76. The summed E-state index contributed by atoms with van der Waals surface area (Å²) in [6.07, 6.45) is 3.23. The molecule has 0 aliphatic carbocycles. The molecule has 7 nitrogen and oxygen atoms in total. The van der Waals surface area contributed by atoms with Crippen molar-refractivity contribution in [3.05, 3.63) is 58.3 Å².